The number of carbonyl (C=O) groups is 1. The second-order valence-electron chi connectivity index (χ2n) is 5.91. The number of nitrogens with zero attached hydrogens (tertiary/aromatic N) is 1. The molecule has 3 aromatic rings. The molecule has 0 aliphatic rings. The van der Waals surface area contributed by atoms with Crippen molar-refractivity contribution in [2.45, 2.75) is 20.8 Å². The van der Waals surface area contributed by atoms with E-state index in [1.54, 1.807) is 6.07 Å². The Morgan fingerprint density at radius 1 is 1.04 bits per heavy atom. The van der Waals surface area contributed by atoms with Gasteiger partial charge in [0.05, 0.1) is 11.3 Å². The molecule has 1 heterocycles. The molecule has 0 aliphatic carbocycles. The topological polar surface area (TPSA) is 42.2 Å². The molecule has 0 atom stereocenters. The smallest absolute Gasteiger partial charge is 0.337 e. The van der Waals surface area contributed by atoms with Crippen LogP contribution in [0.1, 0.15) is 27.3 Å². The maximum Gasteiger partial charge on any atom is 0.337 e. The Labute approximate surface area is 146 Å². The Kier molecular flexibility index (Phi) is 4.20. The molecule has 0 saturated heterocycles. The normalized spacial score (nSPS) is 10.8. The fourth-order valence-electron chi connectivity index (χ4n) is 3.02. The van der Waals surface area contributed by atoms with Gasteiger partial charge in [0.25, 0.3) is 0 Å². The molecule has 0 unspecified atom stereocenters. The van der Waals surface area contributed by atoms with E-state index in [9.17, 15) is 9.90 Å². The number of aromatic nitrogens is 1. The third-order valence-corrected chi connectivity index (χ3v) is 4.70. The van der Waals surface area contributed by atoms with Gasteiger partial charge in [0.1, 0.15) is 0 Å². The van der Waals surface area contributed by atoms with Crippen LogP contribution in [0.15, 0.2) is 48.5 Å². The van der Waals surface area contributed by atoms with Gasteiger partial charge < -0.3 is 9.67 Å². The number of halogens is 1. The first-order chi connectivity index (χ1) is 11.4. The fraction of sp³-hybridized carbons (Fsp3) is 0.150. The van der Waals surface area contributed by atoms with Gasteiger partial charge in [-0.3, -0.25) is 0 Å². The van der Waals surface area contributed by atoms with E-state index in [4.69, 9.17) is 11.6 Å². The average molecular weight is 340 g/mol. The zero-order valence-corrected chi connectivity index (χ0v) is 14.6. The molecular weight excluding hydrogens is 322 g/mol. The minimum atomic E-state index is -0.912. The monoisotopic (exact) mass is 339 g/mol. The Morgan fingerprint density at radius 3 is 2.38 bits per heavy atom. The van der Waals surface area contributed by atoms with Crippen LogP contribution in [-0.4, -0.2) is 15.6 Å². The van der Waals surface area contributed by atoms with E-state index >= 15 is 0 Å². The Hall–Kier alpha value is -2.52. The van der Waals surface area contributed by atoms with Crippen molar-refractivity contribution in [3.05, 3.63) is 76.1 Å². The summed E-state index contributed by atoms with van der Waals surface area (Å²) in [6.45, 7) is 5.71. The van der Waals surface area contributed by atoms with Crippen molar-refractivity contribution in [3.63, 3.8) is 0 Å². The maximum atomic E-state index is 11.4. The van der Waals surface area contributed by atoms with E-state index in [1.165, 1.54) is 0 Å². The lowest BCUT2D eigenvalue weighted by Crippen LogP contribution is -2.04. The Balaban J connectivity index is 2.25. The zero-order valence-electron chi connectivity index (χ0n) is 13.8. The maximum absolute atomic E-state index is 11.4. The number of aromatic carboxylic acids is 1. The molecule has 0 radical (unpaired) electrons. The highest BCUT2D eigenvalue weighted by molar-refractivity contribution is 6.31. The van der Waals surface area contributed by atoms with E-state index < -0.39 is 5.97 Å². The summed E-state index contributed by atoms with van der Waals surface area (Å²) in [6, 6.07) is 15.6. The minimum Gasteiger partial charge on any atom is -0.478 e. The molecule has 0 bridgehead atoms. The molecule has 2 aromatic carbocycles. The first-order valence-electron chi connectivity index (χ1n) is 7.68. The first-order valence-corrected chi connectivity index (χ1v) is 8.06. The second kappa shape index (κ2) is 6.17. The molecule has 0 spiro atoms. The van der Waals surface area contributed by atoms with E-state index in [0.717, 1.165) is 33.1 Å². The number of para-hydroxylation sites is 1. The van der Waals surface area contributed by atoms with Crippen molar-refractivity contribution in [3.8, 4) is 16.8 Å². The number of hydrogen-bond donors (Lipinski definition) is 1. The Bertz CT molecular complexity index is 941. The quantitative estimate of drug-likeness (QED) is 0.692. The number of carboxylic acids is 1. The summed E-state index contributed by atoms with van der Waals surface area (Å²) in [6.07, 6.45) is 0. The molecule has 0 saturated carbocycles. The van der Waals surface area contributed by atoms with Gasteiger partial charge in [0.15, 0.2) is 0 Å². The van der Waals surface area contributed by atoms with E-state index in [-0.39, 0.29) is 0 Å². The molecule has 0 fully saturated rings. The van der Waals surface area contributed by atoms with Gasteiger partial charge in [0.2, 0.25) is 0 Å². The number of carboxylic acid groups (broad SMARTS) is 1. The van der Waals surface area contributed by atoms with Gasteiger partial charge in [-0.1, -0.05) is 41.9 Å². The first kappa shape index (κ1) is 16.3. The van der Waals surface area contributed by atoms with Gasteiger partial charge in [0, 0.05) is 22.0 Å². The van der Waals surface area contributed by atoms with Gasteiger partial charge in [-0.15, -0.1) is 0 Å². The van der Waals surface area contributed by atoms with Crippen molar-refractivity contribution < 1.29 is 9.90 Å². The zero-order chi connectivity index (χ0) is 17.4. The second-order valence-corrected chi connectivity index (χ2v) is 6.31. The molecular formula is C20H18ClNO2. The van der Waals surface area contributed by atoms with Crippen LogP contribution in [0.2, 0.25) is 5.02 Å². The van der Waals surface area contributed by atoms with Crippen molar-refractivity contribution in [2.24, 2.45) is 0 Å². The predicted octanol–water partition coefficient (Wildman–Crippen LogP) is 5.42. The van der Waals surface area contributed by atoms with Gasteiger partial charge in [-0.05, 0) is 50.1 Å². The predicted molar refractivity (Wildman–Crippen MR) is 97.4 cm³/mol. The third-order valence-electron chi connectivity index (χ3n) is 4.29. The summed E-state index contributed by atoms with van der Waals surface area (Å²) in [7, 11) is 0. The molecule has 122 valence electrons. The Morgan fingerprint density at radius 2 is 1.75 bits per heavy atom. The van der Waals surface area contributed by atoms with E-state index in [0.29, 0.717) is 11.3 Å². The number of benzene rings is 2. The summed E-state index contributed by atoms with van der Waals surface area (Å²) >= 11 is 6.29. The highest BCUT2D eigenvalue weighted by Gasteiger charge is 2.18. The van der Waals surface area contributed by atoms with Crippen LogP contribution >= 0.6 is 11.6 Å². The van der Waals surface area contributed by atoms with Gasteiger partial charge in [-0.2, -0.15) is 0 Å². The average Bonchev–Trinajstić information content (AvgIpc) is 2.85. The summed E-state index contributed by atoms with van der Waals surface area (Å²) in [4.78, 5) is 11.4. The van der Waals surface area contributed by atoms with Crippen molar-refractivity contribution in [2.75, 3.05) is 0 Å². The van der Waals surface area contributed by atoms with Gasteiger partial charge >= 0.3 is 5.97 Å². The fourth-order valence-corrected chi connectivity index (χ4v) is 3.20. The molecule has 3 rings (SSSR count). The summed E-state index contributed by atoms with van der Waals surface area (Å²) in [5.74, 6) is -0.912. The lowest BCUT2D eigenvalue weighted by atomic mass is 10.0. The molecule has 4 heteroatoms. The van der Waals surface area contributed by atoms with Crippen molar-refractivity contribution in [1.29, 1.82) is 0 Å². The molecule has 24 heavy (non-hydrogen) atoms. The van der Waals surface area contributed by atoms with Crippen molar-refractivity contribution in [1.82, 2.24) is 4.57 Å². The van der Waals surface area contributed by atoms with Crippen molar-refractivity contribution >= 4 is 17.6 Å². The van der Waals surface area contributed by atoms with Crippen LogP contribution < -0.4 is 0 Å². The van der Waals surface area contributed by atoms with Crippen LogP contribution in [0.4, 0.5) is 0 Å². The van der Waals surface area contributed by atoms with E-state index in [1.807, 2.05) is 67.8 Å². The summed E-state index contributed by atoms with van der Waals surface area (Å²) in [5.41, 5.74) is 5.91. The van der Waals surface area contributed by atoms with Crippen LogP contribution in [0, 0.1) is 20.8 Å². The lowest BCUT2D eigenvalue weighted by molar-refractivity contribution is 0.0696. The molecule has 1 N–H and O–H groups in total. The van der Waals surface area contributed by atoms with Crippen LogP contribution in [0.25, 0.3) is 16.8 Å². The van der Waals surface area contributed by atoms with Crippen LogP contribution in [0.5, 0.6) is 0 Å². The number of rotatable bonds is 3. The van der Waals surface area contributed by atoms with Crippen LogP contribution in [-0.2, 0) is 0 Å². The molecule has 0 aliphatic heterocycles. The largest absolute Gasteiger partial charge is 0.478 e. The third kappa shape index (κ3) is 2.72. The highest BCUT2D eigenvalue weighted by atomic mass is 35.5. The molecule has 0 amide bonds. The molecule has 3 nitrogen and oxygen atoms in total. The standard InChI is InChI=1S/C20H18ClNO2/c1-12-8-9-15(11-18(12)21)16-6-4-5-7-19(16)22-13(2)10-17(14(22)3)20(23)24/h4-11H,1-3H3,(H,23,24). The van der Waals surface area contributed by atoms with Gasteiger partial charge in [-0.25, -0.2) is 4.79 Å². The minimum absolute atomic E-state index is 0.323. The summed E-state index contributed by atoms with van der Waals surface area (Å²) < 4.78 is 1.98. The van der Waals surface area contributed by atoms with E-state index in [2.05, 4.69) is 0 Å². The molecule has 1 aromatic heterocycles. The highest BCUT2D eigenvalue weighted by Crippen LogP contribution is 2.32. The van der Waals surface area contributed by atoms with Crippen LogP contribution in [0.3, 0.4) is 0 Å². The number of hydrogen-bond acceptors (Lipinski definition) is 1. The SMILES string of the molecule is Cc1ccc(-c2ccccc2-n2c(C)cc(C(=O)O)c2C)cc1Cl. The summed E-state index contributed by atoms with van der Waals surface area (Å²) in [5, 5.41) is 10.1. The number of aryl methyl sites for hydroxylation is 2. The lowest BCUT2D eigenvalue weighted by Gasteiger charge is -2.15.